The van der Waals surface area contributed by atoms with Gasteiger partial charge in [0.25, 0.3) is 8.32 Å². The molecule has 1 aliphatic rings. The molecule has 7 heteroatoms. The van der Waals surface area contributed by atoms with Crippen LogP contribution in [-0.4, -0.2) is 68.5 Å². The van der Waals surface area contributed by atoms with E-state index in [1.807, 2.05) is 32.9 Å². The summed E-state index contributed by atoms with van der Waals surface area (Å²) >= 11 is 0. The smallest absolute Gasteiger partial charge is 0.410 e. The van der Waals surface area contributed by atoms with E-state index in [4.69, 9.17) is 13.9 Å². The highest BCUT2D eigenvalue weighted by Gasteiger charge is 2.50. The lowest BCUT2D eigenvalue weighted by Crippen LogP contribution is -2.67. The third-order valence-corrected chi connectivity index (χ3v) is 11.0. The van der Waals surface area contributed by atoms with Crippen LogP contribution in [0.5, 0.6) is 0 Å². The fourth-order valence-corrected chi connectivity index (χ4v) is 9.16. The molecule has 1 saturated heterocycles. The molecule has 0 radical (unpaired) electrons. The van der Waals surface area contributed by atoms with Gasteiger partial charge in [-0.05, 0) is 36.2 Å². The molecule has 0 bridgehead atoms. The molecule has 0 aliphatic carbocycles. The molecule has 3 rings (SSSR count). The summed E-state index contributed by atoms with van der Waals surface area (Å²) in [6.45, 7) is 13.0. The topological polar surface area (TPSA) is 68.2 Å². The zero-order valence-electron chi connectivity index (χ0n) is 21.3. The van der Waals surface area contributed by atoms with E-state index in [1.54, 1.807) is 4.90 Å². The van der Waals surface area contributed by atoms with Crippen molar-refractivity contribution in [1.82, 2.24) is 4.90 Å². The highest BCUT2D eigenvalue weighted by molar-refractivity contribution is 6.99. The minimum Gasteiger partial charge on any atom is -0.444 e. The van der Waals surface area contributed by atoms with E-state index >= 15 is 0 Å². The molecule has 1 unspecified atom stereocenters. The van der Waals surface area contributed by atoms with Gasteiger partial charge in [-0.3, -0.25) is 0 Å². The Kier molecular flexibility index (Phi) is 8.24. The van der Waals surface area contributed by atoms with Crippen molar-refractivity contribution in [2.24, 2.45) is 0 Å². The fraction of sp³-hybridized carbons (Fsp3) is 0.519. The quantitative estimate of drug-likeness (QED) is 0.634. The Morgan fingerprint density at radius 1 is 0.941 bits per heavy atom. The van der Waals surface area contributed by atoms with Gasteiger partial charge >= 0.3 is 6.09 Å². The van der Waals surface area contributed by atoms with Crippen molar-refractivity contribution in [2.45, 2.75) is 64.4 Å². The van der Waals surface area contributed by atoms with Crippen molar-refractivity contribution in [3.05, 3.63) is 60.7 Å². The number of aliphatic hydroxyl groups is 1. The molecule has 0 spiro atoms. The van der Waals surface area contributed by atoms with Crippen molar-refractivity contribution < 1.29 is 23.8 Å². The summed E-state index contributed by atoms with van der Waals surface area (Å²) in [5.41, 5.74) is -0.592. The van der Waals surface area contributed by atoms with Gasteiger partial charge in [0.15, 0.2) is 0 Å². The standard InChI is InChI=1S/C27H39NO5Si/c1-26(2,3)33-25(30)28-17-21(19-29)32-22(18-28)20-31-34(27(4,5)6,23-13-9-7-10-14-23)24-15-11-8-12-16-24/h7-16,21-22,29H,17-20H2,1-6H3/t21?,22-/m0/s1. The van der Waals surface area contributed by atoms with Crippen LogP contribution in [0.15, 0.2) is 60.7 Å². The second-order valence-electron chi connectivity index (χ2n) is 10.9. The number of benzene rings is 2. The maximum atomic E-state index is 12.8. The van der Waals surface area contributed by atoms with Crippen LogP contribution < -0.4 is 10.4 Å². The van der Waals surface area contributed by atoms with Crippen molar-refractivity contribution in [2.75, 3.05) is 26.3 Å². The predicted molar refractivity (Wildman–Crippen MR) is 137 cm³/mol. The van der Waals surface area contributed by atoms with Crippen LogP contribution in [0.25, 0.3) is 0 Å². The van der Waals surface area contributed by atoms with Gasteiger partial charge in [0, 0.05) is 0 Å². The van der Waals surface area contributed by atoms with Crippen LogP contribution in [0.4, 0.5) is 4.79 Å². The van der Waals surface area contributed by atoms with Gasteiger partial charge in [-0.1, -0.05) is 81.4 Å². The van der Waals surface area contributed by atoms with Crippen molar-refractivity contribution in [1.29, 1.82) is 0 Å². The minimum absolute atomic E-state index is 0.161. The summed E-state index contributed by atoms with van der Waals surface area (Å²) in [6, 6.07) is 20.8. The lowest BCUT2D eigenvalue weighted by Gasteiger charge is -2.45. The van der Waals surface area contributed by atoms with Gasteiger partial charge in [-0.2, -0.15) is 0 Å². The van der Waals surface area contributed by atoms with Crippen molar-refractivity contribution in [3.8, 4) is 0 Å². The van der Waals surface area contributed by atoms with Crippen LogP contribution in [-0.2, 0) is 13.9 Å². The molecule has 34 heavy (non-hydrogen) atoms. The lowest BCUT2D eigenvalue weighted by molar-refractivity contribution is -0.114. The first-order valence-corrected chi connectivity index (χ1v) is 13.9. The Bertz CT molecular complexity index is 884. The molecule has 0 saturated carbocycles. The average Bonchev–Trinajstić information content (AvgIpc) is 2.78. The number of rotatable bonds is 6. The Morgan fingerprint density at radius 3 is 1.88 bits per heavy atom. The molecule has 1 amide bonds. The third kappa shape index (κ3) is 6.08. The molecular weight excluding hydrogens is 446 g/mol. The number of nitrogens with zero attached hydrogens (tertiary/aromatic N) is 1. The summed E-state index contributed by atoms with van der Waals surface area (Å²) in [5.74, 6) is 0. The normalized spacial score (nSPS) is 19.7. The highest BCUT2D eigenvalue weighted by atomic mass is 28.4. The Morgan fingerprint density at radius 2 is 1.44 bits per heavy atom. The van der Waals surface area contributed by atoms with E-state index in [9.17, 15) is 9.90 Å². The number of carbonyl (C=O) groups is 1. The number of amides is 1. The monoisotopic (exact) mass is 485 g/mol. The van der Waals surface area contributed by atoms with E-state index in [0.717, 1.165) is 0 Å². The summed E-state index contributed by atoms with van der Waals surface area (Å²) in [6.07, 6.45) is -1.25. The molecule has 2 atom stereocenters. The molecule has 1 fully saturated rings. The average molecular weight is 486 g/mol. The molecule has 1 N–H and O–H groups in total. The first-order valence-electron chi connectivity index (χ1n) is 12.0. The second kappa shape index (κ2) is 10.6. The van der Waals surface area contributed by atoms with Crippen molar-refractivity contribution >= 4 is 24.8 Å². The number of morpholine rings is 1. The molecule has 6 nitrogen and oxygen atoms in total. The molecular formula is C27H39NO5Si. The lowest BCUT2D eigenvalue weighted by atomic mass is 10.2. The van der Waals surface area contributed by atoms with Gasteiger partial charge in [0.05, 0.1) is 38.5 Å². The number of carbonyl (C=O) groups excluding carboxylic acids is 1. The van der Waals surface area contributed by atoms with Crippen LogP contribution >= 0.6 is 0 Å². The zero-order valence-corrected chi connectivity index (χ0v) is 22.3. The maximum Gasteiger partial charge on any atom is 0.410 e. The molecule has 2 aromatic rings. The van der Waals surface area contributed by atoms with E-state index in [-0.39, 0.29) is 17.7 Å². The number of hydrogen-bond acceptors (Lipinski definition) is 5. The number of ether oxygens (including phenoxy) is 2. The van der Waals surface area contributed by atoms with Crippen LogP contribution in [0, 0.1) is 0 Å². The van der Waals surface area contributed by atoms with E-state index in [1.165, 1.54) is 10.4 Å². The first kappa shape index (κ1) is 26.4. The number of hydrogen-bond donors (Lipinski definition) is 1. The molecule has 2 aromatic carbocycles. The SMILES string of the molecule is CC(C)(C)OC(=O)N1CC(CO)O[C@H](CO[Si](c2ccccc2)(c2ccccc2)C(C)(C)C)C1. The summed E-state index contributed by atoms with van der Waals surface area (Å²) < 4.78 is 18.7. The second-order valence-corrected chi connectivity index (χ2v) is 15.2. The third-order valence-electron chi connectivity index (χ3n) is 5.99. The van der Waals surface area contributed by atoms with Gasteiger partial charge in [0.1, 0.15) is 5.60 Å². The Balaban J connectivity index is 1.91. The maximum absolute atomic E-state index is 12.8. The van der Waals surface area contributed by atoms with Crippen LogP contribution in [0.3, 0.4) is 0 Å². The minimum atomic E-state index is -2.73. The van der Waals surface area contributed by atoms with Gasteiger partial charge in [0.2, 0.25) is 0 Å². The van der Waals surface area contributed by atoms with Crippen LogP contribution in [0.2, 0.25) is 5.04 Å². The summed E-state index contributed by atoms with van der Waals surface area (Å²) in [5, 5.41) is 12.0. The van der Waals surface area contributed by atoms with Gasteiger partial charge < -0.3 is 23.9 Å². The highest BCUT2D eigenvalue weighted by Crippen LogP contribution is 2.37. The summed E-state index contributed by atoms with van der Waals surface area (Å²) in [4.78, 5) is 14.4. The molecule has 186 valence electrons. The van der Waals surface area contributed by atoms with E-state index in [0.29, 0.717) is 19.7 Å². The molecule has 1 aliphatic heterocycles. The van der Waals surface area contributed by atoms with Gasteiger partial charge in [-0.25, -0.2) is 4.79 Å². The Hall–Kier alpha value is -2.19. The predicted octanol–water partition coefficient (Wildman–Crippen LogP) is 3.56. The van der Waals surface area contributed by atoms with E-state index < -0.39 is 26.1 Å². The largest absolute Gasteiger partial charge is 0.444 e. The number of aliphatic hydroxyl groups excluding tert-OH is 1. The molecule has 1 heterocycles. The zero-order chi connectivity index (χ0) is 25.0. The van der Waals surface area contributed by atoms with Crippen LogP contribution in [0.1, 0.15) is 41.5 Å². The van der Waals surface area contributed by atoms with Gasteiger partial charge in [-0.15, -0.1) is 0 Å². The first-order chi connectivity index (χ1) is 16.0. The van der Waals surface area contributed by atoms with Crippen molar-refractivity contribution in [3.63, 3.8) is 0 Å². The fourth-order valence-electron chi connectivity index (χ4n) is 4.57. The Labute approximate surface area is 205 Å². The summed E-state index contributed by atoms with van der Waals surface area (Å²) in [7, 11) is -2.73. The molecule has 0 aromatic heterocycles. The van der Waals surface area contributed by atoms with E-state index in [2.05, 4.69) is 69.3 Å².